The Morgan fingerprint density at radius 3 is 2.82 bits per heavy atom. The van der Waals surface area contributed by atoms with Gasteiger partial charge >= 0.3 is 0 Å². The molecule has 3 rings (SSSR count). The van der Waals surface area contributed by atoms with Crippen LogP contribution in [-0.2, 0) is 0 Å². The normalized spacial score (nSPS) is 17.1. The minimum Gasteiger partial charge on any atom is -0.361 e. The van der Waals surface area contributed by atoms with Crippen LogP contribution in [0.2, 0.25) is 5.02 Å². The van der Waals surface area contributed by atoms with Gasteiger partial charge in [0.05, 0.1) is 22.1 Å². The molecule has 5 heteroatoms. The van der Waals surface area contributed by atoms with E-state index in [9.17, 15) is 10.1 Å². The third-order valence-electron chi connectivity index (χ3n) is 4.55. The standard InChI is InChI=1S/C17H18ClN3O/c18-15-12-6-9-20-14(12)5-4-13(15)16(22)21-11-17(10-19)7-2-1-3-8-17/h4-6,9,20H,1-3,7-8,11H2,(H,21,22). The van der Waals surface area contributed by atoms with Crippen LogP contribution in [0.15, 0.2) is 24.4 Å². The highest BCUT2D eigenvalue weighted by molar-refractivity contribution is 6.38. The fourth-order valence-electron chi connectivity index (χ4n) is 3.17. The van der Waals surface area contributed by atoms with E-state index in [0.717, 1.165) is 36.6 Å². The second kappa shape index (κ2) is 6.02. The molecule has 114 valence electrons. The van der Waals surface area contributed by atoms with Crippen LogP contribution in [0.25, 0.3) is 10.9 Å². The summed E-state index contributed by atoms with van der Waals surface area (Å²) in [4.78, 5) is 15.5. The summed E-state index contributed by atoms with van der Waals surface area (Å²) in [6.45, 7) is 0.393. The molecule has 1 aromatic heterocycles. The summed E-state index contributed by atoms with van der Waals surface area (Å²) >= 11 is 6.32. The zero-order valence-corrected chi connectivity index (χ0v) is 13.0. The van der Waals surface area contributed by atoms with Gasteiger partial charge in [-0.3, -0.25) is 4.79 Å². The first-order valence-electron chi connectivity index (χ1n) is 7.60. The number of nitrogens with zero attached hydrogens (tertiary/aromatic N) is 1. The highest BCUT2D eigenvalue weighted by Crippen LogP contribution is 2.35. The first kappa shape index (κ1) is 14.9. The van der Waals surface area contributed by atoms with Crippen molar-refractivity contribution in [1.29, 1.82) is 5.26 Å². The van der Waals surface area contributed by atoms with Crippen LogP contribution in [0.3, 0.4) is 0 Å². The number of nitriles is 1. The highest BCUT2D eigenvalue weighted by atomic mass is 35.5. The Bertz CT molecular complexity index is 738. The molecular weight excluding hydrogens is 298 g/mol. The number of benzene rings is 1. The second-order valence-electron chi connectivity index (χ2n) is 6.00. The third kappa shape index (κ3) is 2.69. The van der Waals surface area contributed by atoms with Crippen LogP contribution in [0.5, 0.6) is 0 Å². The summed E-state index contributed by atoms with van der Waals surface area (Å²) in [6.07, 6.45) is 6.79. The van der Waals surface area contributed by atoms with E-state index in [0.29, 0.717) is 17.1 Å². The van der Waals surface area contributed by atoms with Crippen molar-refractivity contribution in [2.45, 2.75) is 32.1 Å². The molecule has 0 saturated heterocycles. The van der Waals surface area contributed by atoms with Gasteiger partial charge in [0.1, 0.15) is 0 Å². The molecular formula is C17H18ClN3O. The number of aromatic amines is 1. The third-order valence-corrected chi connectivity index (χ3v) is 4.96. The number of hydrogen-bond donors (Lipinski definition) is 2. The van der Waals surface area contributed by atoms with Crippen LogP contribution in [0, 0.1) is 16.7 Å². The number of carbonyl (C=O) groups excluding carboxylic acids is 1. The van der Waals surface area contributed by atoms with Gasteiger partial charge in [-0.2, -0.15) is 5.26 Å². The predicted molar refractivity (Wildman–Crippen MR) is 86.8 cm³/mol. The zero-order valence-electron chi connectivity index (χ0n) is 12.3. The lowest BCUT2D eigenvalue weighted by molar-refractivity contribution is 0.0932. The maximum atomic E-state index is 12.4. The highest BCUT2D eigenvalue weighted by Gasteiger charge is 2.32. The Morgan fingerprint density at radius 1 is 1.32 bits per heavy atom. The van der Waals surface area contributed by atoms with Gasteiger partial charge in [-0.25, -0.2) is 0 Å². The molecule has 1 aliphatic carbocycles. The minimum absolute atomic E-state index is 0.215. The van der Waals surface area contributed by atoms with Crippen LogP contribution in [-0.4, -0.2) is 17.4 Å². The van der Waals surface area contributed by atoms with Gasteiger partial charge in [0.15, 0.2) is 0 Å². The molecule has 1 saturated carbocycles. The van der Waals surface area contributed by atoms with Crippen molar-refractivity contribution in [2.75, 3.05) is 6.54 Å². The number of fused-ring (bicyclic) bond motifs is 1. The second-order valence-corrected chi connectivity index (χ2v) is 6.38. The molecule has 0 bridgehead atoms. The average molecular weight is 316 g/mol. The van der Waals surface area contributed by atoms with Gasteiger partial charge in [-0.1, -0.05) is 30.9 Å². The molecule has 2 aromatic rings. The summed E-state index contributed by atoms with van der Waals surface area (Å²) in [5.41, 5.74) is 0.943. The molecule has 0 atom stereocenters. The van der Waals surface area contributed by atoms with E-state index in [1.807, 2.05) is 12.1 Å². The quantitative estimate of drug-likeness (QED) is 0.898. The van der Waals surface area contributed by atoms with Crippen LogP contribution in [0.1, 0.15) is 42.5 Å². The van der Waals surface area contributed by atoms with E-state index in [1.165, 1.54) is 6.42 Å². The molecule has 0 aliphatic heterocycles. The van der Waals surface area contributed by atoms with E-state index in [4.69, 9.17) is 11.6 Å². The Kier molecular flexibility index (Phi) is 4.08. The number of H-pyrrole nitrogens is 1. The zero-order chi connectivity index (χ0) is 15.6. The van der Waals surface area contributed by atoms with E-state index < -0.39 is 5.41 Å². The Labute approximate surface area is 134 Å². The van der Waals surface area contributed by atoms with Crippen molar-refractivity contribution < 1.29 is 4.79 Å². The maximum Gasteiger partial charge on any atom is 0.252 e. The molecule has 1 heterocycles. The molecule has 4 nitrogen and oxygen atoms in total. The van der Waals surface area contributed by atoms with Crippen molar-refractivity contribution in [1.82, 2.24) is 10.3 Å². The Morgan fingerprint density at radius 2 is 2.09 bits per heavy atom. The maximum absolute atomic E-state index is 12.4. The number of amides is 1. The van der Waals surface area contributed by atoms with Gasteiger partial charge in [0.2, 0.25) is 0 Å². The Hall–Kier alpha value is -1.99. The molecule has 1 fully saturated rings. The summed E-state index contributed by atoms with van der Waals surface area (Å²) < 4.78 is 0. The van der Waals surface area contributed by atoms with E-state index in [1.54, 1.807) is 12.3 Å². The lowest BCUT2D eigenvalue weighted by Gasteiger charge is -2.30. The number of nitrogens with one attached hydrogen (secondary N) is 2. The fraction of sp³-hybridized carbons (Fsp3) is 0.412. The fourth-order valence-corrected chi connectivity index (χ4v) is 3.49. The van der Waals surface area contributed by atoms with E-state index in [-0.39, 0.29) is 5.91 Å². The lowest BCUT2D eigenvalue weighted by atomic mass is 9.75. The topological polar surface area (TPSA) is 68.7 Å². The van der Waals surface area contributed by atoms with Crippen molar-refractivity contribution in [3.63, 3.8) is 0 Å². The van der Waals surface area contributed by atoms with Gasteiger partial charge in [-0.05, 0) is 31.0 Å². The summed E-state index contributed by atoms with van der Waals surface area (Å²) in [7, 11) is 0. The van der Waals surface area contributed by atoms with Crippen LogP contribution >= 0.6 is 11.6 Å². The number of carbonyl (C=O) groups is 1. The monoisotopic (exact) mass is 315 g/mol. The van der Waals surface area contributed by atoms with Gasteiger partial charge < -0.3 is 10.3 Å². The number of aromatic nitrogens is 1. The first-order chi connectivity index (χ1) is 10.7. The number of rotatable bonds is 3. The van der Waals surface area contributed by atoms with Crippen molar-refractivity contribution in [3.8, 4) is 6.07 Å². The first-order valence-corrected chi connectivity index (χ1v) is 7.98. The van der Waals surface area contributed by atoms with Gasteiger partial charge in [0, 0.05) is 23.6 Å². The summed E-state index contributed by atoms with van der Waals surface area (Å²) in [6, 6.07) is 7.83. The molecule has 1 amide bonds. The van der Waals surface area contributed by atoms with Crippen LogP contribution < -0.4 is 5.32 Å². The molecule has 0 spiro atoms. The lowest BCUT2D eigenvalue weighted by Crippen LogP contribution is -2.38. The largest absolute Gasteiger partial charge is 0.361 e. The summed E-state index contributed by atoms with van der Waals surface area (Å²) in [5, 5.41) is 13.6. The van der Waals surface area contributed by atoms with Crippen molar-refractivity contribution >= 4 is 28.4 Å². The molecule has 0 radical (unpaired) electrons. The number of halogens is 1. The predicted octanol–water partition coefficient (Wildman–Crippen LogP) is 4.03. The smallest absolute Gasteiger partial charge is 0.252 e. The molecule has 1 aliphatic rings. The van der Waals surface area contributed by atoms with Gasteiger partial charge in [-0.15, -0.1) is 0 Å². The number of hydrogen-bond acceptors (Lipinski definition) is 2. The van der Waals surface area contributed by atoms with E-state index >= 15 is 0 Å². The van der Waals surface area contributed by atoms with Gasteiger partial charge in [0.25, 0.3) is 5.91 Å². The van der Waals surface area contributed by atoms with E-state index in [2.05, 4.69) is 16.4 Å². The molecule has 0 unspecified atom stereocenters. The SMILES string of the molecule is N#CC1(CNC(=O)c2ccc3[nH]ccc3c2Cl)CCCCC1. The Balaban J connectivity index is 1.76. The molecule has 2 N–H and O–H groups in total. The molecule has 1 aromatic carbocycles. The summed E-state index contributed by atoms with van der Waals surface area (Å²) in [5.74, 6) is -0.215. The molecule has 22 heavy (non-hydrogen) atoms. The average Bonchev–Trinajstić information content (AvgIpc) is 3.03. The van der Waals surface area contributed by atoms with Crippen LogP contribution in [0.4, 0.5) is 0 Å². The van der Waals surface area contributed by atoms with Crippen molar-refractivity contribution in [2.24, 2.45) is 5.41 Å². The van der Waals surface area contributed by atoms with Crippen molar-refractivity contribution in [3.05, 3.63) is 35.0 Å². The minimum atomic E-state index is -0.418.